The van der Waals surface area contributed by atoms with Crippen molar-refractivity contribution in [2.45, 2.75) is 25.4 Å². The maximum absolute atomic E-state index is 12.0. The summed E-state index contributed by atoms with van der Waals surface area (Å²) in [5.74, 6) is -1.07. The molecule has 0 aromatic carbocycles. The number of amides is 2. The van der Waals surface area contributed by atoms with Crippen molar-refractivity contribution in [2.75, 3.05) is 0 Å². The van der Waals surface area contributed by atoms with Crippen LogP contribution in [0.5, 0.6) is 0 Å². The van der Waals surface area contributed by atoms with E-state index >= 15 is 0 Å². The van der Waals surface area contributed by atoms with Crippen molar-refractivity contribution in [2.24, 2.45) is 0 Å². The standard InChI is InChI=1S/C14H16N2O3S2/c1-2-9(10-5-3-7-20-10)15-14(19)16-12(13(17)18)11-6-4-8-21-11/h3-9,12H,2H2,1H3,(H,17,18)(H2,15,16,19). The second-order valence-electron chi connectivity index (χ2n) is 4.38. The Morgan fingerprint density at radius 2 is 1.76 bits per heavy atom. The molecule has 2 rings (SSSR count). The van der Waals surface area contributed by atoms with Gasteiger partial charge in [0.1, 0.15) is 0 Å². The second-order valence-corrected chi connectivity index (χ2v) is 6.34. The van der Waals surface area contributed by atoms with Gasteiger partial charge in [-0.3, -0.25) is 0 Å². The lowest BCUT2D eigenvalue weighted by atomic mass is 10.2. The fourth-order valence-electron chi connectivity index (χ4n) is 1.91. The number of carbonyl (C=O) groups is 2. The summed E-state index contributed by atoms with van der Waals surface area (Å²) in [6, 6.07) is 5.72. The minimum atomic E-state index is -1.07. The summed E-state index contributed by atoms with van der Waals surface area (Å²) in [6.07, 6.45) is 0.741. The summed E-state index contributed by atoms with van der Waals surface area (Å²) >= 11 is 2.87. The molecule has 2 atom stereocenters. The van der Waals surface area contributed by atoms with Crippen LogP contribution < -0.4 is 10.6 Å². The number of urea groups is 1. The number of carboxylic acid groups (broad SMARTS) is 1. The van der Waals surface area contributed by atoms with E-state index in [1.807, 2.05) is 24.4 Å². The van der Waals surface area contributed by atoms with Gasteiger partial charge >= 0.3 is 12.0 Å². The topological polar surface area (TPSA) is 78.4 Å². The molecule has 2 unspecified atom stereocenters. The van der Waals surface area contributed by atoms with Gasteiger partial charge in [-0.2, -0.15) is 0 Å². The predicted octanol–water partition coefficient (Wildman–Crippen LogP) is 3.39. The first-order valence-corrected chi connectivity index (χ1v) is 8.24. The highest BCUT2D eigenvalue weighted by molar-refractivity contribution is 7.10. The van der Waals surface area contributed by atoms with Crippen LogP contribution in [0.3, 0.4) is 0 Å². The Hall–Kier alpha value is -1.86. The summed E-state index contributed by atoms with van der Waals surface area (Å²) in [6.45, 7) is 1.97. The van der Waals surface area contributed by atoms with Crippen molar-refractivity contribution in [1.82, 2.24) is 10.6 Å². The summed E-state index contributed by atoms with van der Waals surface area (Å²) < 4.78 is 0. The smallest absolute Gasteiger partial charge is 0.331 e. The average molecular weight is 324 g/mol. The molecule has 2 aromatic heterocycles. The van der Waals surface area contributed by atoms with Gasteiger partial charge in [0, 0.05) is 9.75 Å². The Labute approximate surface area is 130 Å². The maximum atomic E-state index is 12.0. The number of carboxylic acids is 1. The molecule has 7 heteroatoms. The number of hydrogen-bond acceptors (Lipinski definition) is 4. The lowest BCUT2D eigenvalue weighted by molar-refractivity contribution is -0.139. The van der Waals surface area contributed by atoms with Crippen LogP contribution in [-0.2, 0) is 4.79 Å². The molecular formula is C14H16N2O3S2. The summed E-state index contributed by atoms with van der Waals surface area (Å²) in [5, 5.41) is 18.3. The quantitative estimate of drug-likeness (QED) is 0.762. The van der Waals surface area contributed by atoms with Crippen LogP contribution in [0, 0.1) is 0 Å². The first-order chi connectivity index (χ1) is 10.1. The van der Waals surface area contributed by atoms with E-state index in [1.54, 1.807) is 28.8 Å². The van der Waals surface area contributed by atoms with E-state index in [1.165, 1.54) is 11.3 Å². The van der Waals surface area contributed by atoms with Gasteiger partial charge in [0.25, 0.3) is 0 Å². The third-order valence-electron chi connectivity index (χ3n) is 2.95. The van der Waals surface area contributed by atoms with Crippen molar-refractivity contribution in [3.63, 3.8) is 0 Å². The van der Waals surface area contributed by atoms with E-state index in [4.69, 9.17) is 0 Å². The third kappa shape index (κ3) is 4.05. The minimum absolute atomic E-state index is 0.109. The summed E-state index contributed by atoms with van der Waals surface area (Å²) in [7, 11) is 0. The highest BCUT2D eigenvalue weighted by atomic mass is 32.1. The number of rotatable bonds is 6. The van der Waals surface area contributed by atoms with E-state index in [-0.39, 0.29) is 6.04 Å². The number of nitrogens with one attached hydrogen (secondary N) is 2. The first kappa shape index (κ1) is 15.5. The van der Waals surface area contributed by atoms with Crippen LogP contribution in [0.4, 0.5) is 4.79 Å². The highest BCUT2D eigenvalue weighted by Crippen LogP contribution is 2.22. The Morgan fingerprint density at radius 3 is 2.24 bits per heavy atom. The molecular weight excluding hydrogens is 308 g/mol. The molecule has 0 bridgehead atoms. The molecule has 21 heavy (non-hydrogen) atoms. The lowest BCUT2D eigenvalue weighted by Gasteiger charge is -2.18. The van der Waals surface area contributed by atoms with Crippen LogP contribution in [-0.4, -0.2) is 17.1 Å². The molecule has 112 valence electrons. The van der Waals surface area contributed by atoms with Gasteiger partial charge in [-0.25, -0.2) is 9.59 Å². The maximum Gasteiger partial charge on any atom is 0.331 e. The van der Waals surface area contributed by atoms with Crippen molar-refractivity contribution < 1.29 is 14.7 Å². The molecule has 5 nitrogen and oxygen atoms in total. The van der Waals surface area contributed by atoms with Gasteiger partial charge in [-0.1, -0.05) is 19.1 Å². The zero-order chi connectivity index (χ0) is 15.2. The number of carbonyl (C=O) groups excluding carboxylic acids is 1. The van der Waals surface area contributed by atoms with Crippen LogP contribution in [0.2, 0.25) is 0 Å². The molecule has 2 amide bonds. The Kier molecular flexibility index (Phi) is 5.35. The molecule has 0 fully saturated rings. The molecule has 3 N–H and O–H groups in total. The summed E-state index contributed by atoms with van der Waals surface area (Å²) in [5.41, 5.74) is 0. The van der Waals surface area contributed by atoms with E-state index < -0.39 is 18.0 Å². The lowest BCUT2D eigenvalue weighted by Crippen LogP contribution is -2.41. The Balaban J connectivity index is 2.01. The van der Waals surface area contributed by atoms with Crippen LogP contribution >= 0.6 is 22.7 Å². The Morgan fingerprint density at radius 1 is 1.14 bits per heavy atom. The monoisotopic (exact) mass is 324 g/mol. The zero-order valence-electron chi connectivity index (χ0n) is 11.4. The largest absolute Gasteiger partial charge is 0.479 e. The second kappa shape index (κ2) is 7.24. The van der Waals surface area contributed by atoms with Crippen LogP contribution in [0.1, 0.15) is 35.2 Å². The van der Waals surface area contributed by atoms with E-state index in [2.05, 4.69) is 10.6 Å². The van der Waals surface area contributed by atoms with Gasteiger partial charge in [0.05, 0.1) is 6.04 Å². The van der Waals surface area contributed by atoms with Gasteiger partial charge in [0.2, 0.25) is 0 Å². The van der Waals surface area contributed by atoms with Crippen molar-refractivity contribution in [3.05, 3.63) is 44.8 Å². The van der Waals surface area contributed by atoms with Crippen molar-refractivity contribution in [3.8, 4) is 0 Å². The first-order valence-electron chi connectivity index (χ1n) is 6.48. The minimum Gasteiger partial charge on any atom is -0.479 e. The summed E-state index contributed by atoms with van der Waals surface area (Å²) in [4.78, 5) is 25.0. The zero-order valence-corrected chi connectivity index (χ0v) is 13.0. The number of hydrogen-bond donors (Lipinski definition) is 3. The normalized spacial score (nSPS) is 13.4. The molecule has 2 aromatic rings. The van der Waals surface area contributed by atoms with Crippen molar-refractivity contribution >= 4 is 34.7 Å². The Bertz CT molecular complexity index is 581. The van der Waals surface area contributed by atoms with Gasteiger partial charge in [-0.15, -0.1) is 22.7 Å². The van der Waals surface area contributed by atoms with Gasteiger partial charge < -0.3 is 15.7 Å². The van der Waals surface area contributed by atoms with Crippen molar-refractivity contribution in [1.29, 1.82) is 0 Å². The molecule has 0 saturated carbocycles. The SMILES string of the molecule is CCC(NC(=O)NC(C(=O)O)c1cccs1)c1cccs1. The van der Waals surface area contributed by atoms with E-state index in [0.29, 0.717) is 4.88 Å². The fourth-order valence-corrected chi connectivity index (χ4v) is 3.53. The number of thiophene rings is 2. The molecule has 0 aliphatic rings. The molecule has 0 saturated heterocycles. The van der Waals surface area contributed by atoms with Crippen LogP contribution in [0.15, 0.2) is 35.0 Å². The third-order valence-corrected chi connectivity index (χ3v) is 4.87. The molecule has 2 heterocycles. The molecule has 0 aliphatic carbocycles. The fraction of sp³-hybridized carbons (Fsp3) is 0.286. The van der Waals surface area contributed by atoms with Gasteiger partial charge in [0.15, 0.2) is 6.04 Å². The van der Waals surface area contributed by atoms with Gasteiger partial charge in [-0.05, 0) is 29.3 Å². The average Bonchev–Trinajstić information content (AvgIpc) is 3.14. The van der Waals surface area contributed by atoms with E-state index in [9.17, 15) is 14.7 Å². The highest BCUT2D eigenvalue weighted by Gasteiger charge is 2.24. The van der Waals surface area contributed by atoms with E-state index in [0.717, 1.165) is 11.3 Å². The van der Waals surface area contributed by atoms with Crippen LogP contribution in [0.25, 0.3) is 0 Å². The number of aliphatic carboxylic acids is 1. The molecule has 0 spiro atoms. The predicted molar refractivity (Wildman–Crippen MR) is 83.7 cm³/mol. The molecule has 0 radical (unpaired) electrons. The molecule has 0 aliphatic heterocycles.